The van der Waals surface area contributed by atoms with Crippen molar-refractivity contribution < 1.29 is 4.79 Å². The number of nitrogens with two attached hydrogens (primary N) is 1. The summed E-state index contributed by atoms with van der Waals surface area (Å²) in [5.41, 5.74) is 5.58. The monoisotopic (exact) mass is 199 g/mol. The molecule has 4 heteroatoms. The number of urea groups is 1. The van der Waals surface area contributed by atoms with Gasteiger partial charge in [-0.05, 0) is 26.2 Å². The molecular weight excluding hydrogens is 178 g/mol. The lowest BCUT2D eigenvalue weighted by Crippen LogP contribution is -2.53. The number of carbonyl (C=O) groups is 1. The zero-order valence-electron chi connectivity index (χ0n) is 9.18. The van der Waals surface area contributed by atoms with Crippen LogP contribution in [0.25, 0.3) is 0 Å². The van der Waals surface area contributed by atoms with Gasteiger partial charge in [0.2, 0.25) is 0 Å². The number of hydrogen-bond donors (Lipinski definition) is 2. The molecule has 1 saturated heterocycles. The number of nitrogens with one attached hydrogen (secondary N) is 1. The number of amides is 2. The number of carbonyl (C=O) groups excluding carboxylic acids is 1. The largest absolute Gasteiger partial charge is 0.338 e. The molecule has 0 aromatic rings. The van der Waals surface area contributed by atoms with E-state index in [0.717, 1.165) is 32.4 Å². The van der Waals surface area contributed by atoms with E-state index in [-0.39, 0.29) is 11.6 Å². The average molecular weight is 199 g/mol. The molecule has 3 N–H and O–H groups in total. The second-order valence-electron chi connectivity index (χ2n) is 4.19. The standard InChI is InChI=1S/C10H21N3O/c1-3-6-12-9(14)13-7-4-5-10(13,2)8-11/h3-8,11H2,1-2H3,(H,12,14). The lowest BCUT2D eigenvalue weighted by molar-refractivity contribution is 0.159. The minimum atomic E-state index is -0.127. The second kappa shape index (κ2) is 4.64. The molecule has 82 valence electrons. The highest BCUT2D eigenvalue weighted by molar-refractivity contribution is 5.75. The molecule has 0 aliphatic carbocycles. The first-order valence-electron chi connectivity index (χ1n) is 5.39. The molecule has 0 spiro atoms. The Kier molecular flexibility index (Phi) is 3.75. The molecule has 4 nitrogen and oxygen atoms in total. The van der Waals surface area contributed by atoms with E-state index in [1.165, 1.54) is 0 Å². The summed E-state index contributed by atoms with van der Waals surface area (Å²) in [4.78, 5) is 13.6. The molecular formula is C10H21N3O. The van der Waals surface area contributed by atoms with Crippen molar-refractivity contribution in [3.05, 3.63) is 0 Å². The Bertz CT molecular complexity index is 208. The van der Waals surface area contributed by atoms with Gasteiger partial charge in [0, 0.05) is 19.6 Å². The van der Waals surface area contributed by atoms with Gasteiger partial charge in [-0.25, -0.2) is 4.79 Å². The normalized spacial score (nSPS) is 26.6. The van der Waals surface area contributed by atoms with Gasteiger partial charge in [0.05, 0.1) is 5.54 Å². The van der Waals surface area contributed by atoms with Gasteiger partial charge in [-0.3, -0.25) is 0 Å². The first-order chi connectivity index (χ1) is 6.64. The molecule has 1 aliphatic heterocycles. The first kappa shape index (κ1) is 11.3. The Balaban J connectivity index is 2.53. The van der Waals surface area contributed by atoms with Crippen LogP contribution in [0.2, 0.25) is 0 Å². The second-order valence-corrected chi connectivity index (χ2v) is 4.19. The van der Waals surface area contributed by atoms with Crippen LogP contribution in [0.4, 0.5) is 4.79 Å². The van der Waals surface area contributed by atoms with Crippen LogP contribution >= 0.6 is 0 Å². The zero-order valence-corrected chi connectivity index (χ0v) is 9.18. The van der Waals surface area contributed by atoms with Gasteiger partial charge in [0.25, 0.3) is 0 Å². The van der Waals surface area contributed by atoms with E-state index in [2.05, 4.69) is 12.2 Å². The van der Waals surface area contributed by atoms with E-state index >= 15 is 0 Å². The van der Waals surface area contributed by atoms with Crippen molar-refractivity contribution in [2.24, 2.45) is 5.73 Å². The molecule has 0 aromatic carbocycles. The van der Waals surface area contributed by atoms with E-state index in [9.17, 15) is 4.79 Å². The summed E-state index contributed by atoms with van der Waals surface area (Å²) < 4.78 is 0. The number of nitrogens with zero attached hydrogens (tertiary/aromatic N) is 1. The van der Waals surface area contributed by atoms with Crippen molar-refractivity contribution in [1.29, 1.82) is 0 Å². The zero-order chi connectivity index (χ0) is 10.6. The molecule has 1 fully saturated rings. The predicted molar refractivity (Wildman–Crippen MR) is 57.1 cm³/mol. The molecule has 0 bridgehead atoms. The maximum Gasteiger partial charge on any atom is 0.317 e. The lowest BCUT2D eigenvalue weighted by atomic mass is 10.00. The van der Waals surface area contributed by atoms with E-state index in [1.54, 1.807) is 0 Å². The van der Waals surface area contributed by atoms with Gasteiger partial charge in [-0.1, -0.05) is 6.92 Å². The predicted octanol–water partition coefficient (Wildman–Crippen LogP) is 0.919. The molecule has 0 saturated carbocycles. The summed E-state index contributed by atoms with van der Waals surface area (Å²) in [6.45, 7) is 6.24. The average Bonchev–Trinajstić information content (AvgIpc) is 2.57. The van der Waals surface area contributed by atoms with Gasteiger partial charge in [0.1, 0.15) is 0 Å². The SMILES string of the molecule is CCCNC(=O)N1CCCC1(C)CN. The van der Waals surface area contributed by atoms with Gasteiger partial charge in [-0.15, -0.1) is 0 Å². The topological polar surface area (TPSA) is 58.4 Å². The van der Waals surface area contributed by atoms with E-state index in [0.29, 0.717) is 6.54 Å². The Morgan fingerprint density at radius 1 is 1.64 bits per heavy atom. The summed E-state index contributed by atoms with van der Waals surface area (Å²) in [5, 5.41) is 2.90. The summed E-state index contributed by atoms with van der Waals surface area (Å²) in [6, 6.07) is 0.0392. The van der Waals surface area contributed by atoms with Gasteiger partial charge < -0.3 is 16.0 Å². The van der Waals surface area contributed by atoms with Crippen LogP contribution < -0.4 is 11.1 Å². The third-order valence-electron chi connectivity index (χ3n) is 2.96. The fraction of sp³-hybridized carbons (Fsp3) is 0.900. The highest BCUT2D eigenvalue weighted by atomic mass is 16.2. The third-order valence-corrected chi connectivity index (χ3v) is 2.96. The van der Waals surface area contributed by atoms with Gasteiger partial charge in [-0.2, -0.15) is 0 Å². The van der Waals surface area contributed by atoms with Crippen LogP contribution in [0.3, 0.4) is 0 Å². The Morgan fingerprint density at radius 2 is 2.36 bits per heavy atom. The van der Waals surface area contributed by atoms with E-state index in [1.807, 2.05) is 11.8 Å². The Labute approximate surface area is 85.8 Å². The summed E-state index contributed by atoms with van der Waals surface area (Å²) in [7, 11) is 0. The summed E-state index contributed by atoms with van der Waals surface area (Å²) in [6.07, 6.45) is 3.05. The maximum absolute atomic E-state index is 11.7. The number of hydrogen-bond acceptors (Lipinski definition) is 2. The van der Waals surface area contributed by atoms with Crippen molar-refractivity contribution in [1.82, 2.24) is 10.2 Å². The van der Waals surface area contributed by atoms with Crippen LogP contribution in [-0.4, -0.2) is 36.1 Å². The van der Waals surface area contributed by atoms with Crippen LogP contribution in [0.1, 0.15) is 33.1 Å². The number of likely N-dealkylation sites (tertiary alicyclic amines) is 1. The highest BCUT2D eigenvalue weighted by Crippen LogP contribution is 2.27. The summed E-state index contributed by atoms with van der Waals surface area (Å²) >= 11 is 0. The highest BCUT2D eigenvalue weighted by Gasteiger charge is 2.38. The Hall–Kier alpha value is -0.770. The van der Waals surface area contributed by atoms with Crippen molar-refractivity contribution in [2.45, 2.75) is 38.6 Å². The molecule has 1 rings (SSSR count). The number of rotatable bonds is 3. The summed E-state index contributed by atoms with van der Waals surface area (Å²) in [5.74, 6) is 0. The van der Waals surface area contributed by atoms with Crippen molar-refractivity contribution >= 4 is 6.03 Å². The fourth-order valence-electron chi connectivity index (χ4n) is 1.91. The van der Waals surface area contributed by atoms with E-state index in [4.69, 9.17) is 5.73 Å². The van der Waals surface area contributed by atoms with Crippen LogP contribution in [0, 0.1) is 0 Å². The molecule has 0 aromatic heterocycles. The fourth-order valence-corrected chi connectivity index (χ4v) is 1.91. The van der Waals surface area contributed by atoms with Crippen molar-refractivity contribution in [3.8, 4) is 0 Å². The van der Waals surface area contributed by atoms with Crippen LogP contribution in [0.15, 0.2) is 0 Å². The smallest absolute Gasteiger partial charge is 0.317 e. The minimum Gasteiger partial charge on any atom is -0.338 e. The molecule has 1 heterocycles. The van der Waals surface area contributed by atoms with Crippen molar-refractivity contribution in [2.75, 3.05) is 19.6 Å². The third kappa shape index (κ3) is 2.18. The van der Waals surface area contributed by atoms with Gasteiger partial charge >= 0.3 is 6.03 Å². The van der Waals surface area contributed by atoms with Crippen LogP contribution in [0.5, 0.6) is 0 Å². The first-order valence-corrected chi connectivity index (χ1v) is 5.39. The van der Waals surface area contributed by atoms with Gasteiger partial charge in [0.15, 0.2) is 0 Å². The molecule has 1 aliphatic rings. The lowest BCUT2D eigenvalue weighted by Gasteiger charge is -2.34. The van der Waals surface area contributed by atoms with Crippen LogP contribution in [-0.2, 0) is 0 Å². The quantitative estimate of drug-likeness (QED) is 0.710. The molecule has 14 heavy (non-hydrogen) atoms. The molecule has 1 atom stereocenters. The van der Waals surface area contributed by atoms with Crippen molar-refractivity contribution in [3.63, 3.8) is 0 Å². The maximum atomic E-state index is 11.7. The van der Waals surface area contributed by atoms with E-state index < -0.39 is 0 Å². The Morgan fingerprint density at radius 3 is 2.93 bits per heavy atom. The molecule has 1 unspecified atom stereocenters. The molecule has 2 amide bonds. The molecule has 0 radical (unpaired) electrons. The minimum absolute atomic E-state index is 0.0392.